The maximum absolute atomic E-state index is 6.53. The third kappa shape index (κ3) is 2.39. The van der Waals surface area contributed by atoms with Crippen LogP contribution in [0.5, 0.6) is 5.75 Å². The number of benzene rings is 2. The first-order valence-electron chi connectivity index (χ1n) is 7.20. The van der Waals surface area contributed by atoms with Crippen molar-refractivity contribution in [3.8, 4) is 5.75 Å². The highest BCUT2D eigenvalue weighted by Crippen LogP contribution is 2.35. The molecule has 3 nitrogen and oxygen atoms in total. The van der Waals surface area contributed by atoms with Gasteiger partial charge in [-0.1, -0.05) is 30.3 Å². The molecule has 1 saturated heterocycles. The van der Waals surface area contributed by atoms with Gasteiger partial charge in [-0.25, -0.2) is 0 Å². The van der Waals surface area contributed by atoms with Crippen molar-refractivity contribution >= 4 is 10.8 Å². The molecule has 0 aromatic heterocycles. The van der Waals surface area contributed by atoms with Crippen LogP contribution in [0.4, 0.5) is 0 Å². The van der Waals surface area contributed by atoms with Crippen molar-refractivity contribution in [3.05, 3.63) is 42.0 Å². The van der Waals surface area contributed by atoms with Gasteiger partial charge in [0.1, 0.15) is 5.75 Å². The van der Waals surface area contributed by atoms with Crippen LogP contribution in [0.15, 0.2) is 36.4 Å². The molecule has 0 bridgehead atoms. The summed E-state index contributed by atoms with van der Waals surface area (Å²) in [5.74, 6) is 1.41. The molecule has 1 heterocycles. The van der Waals surface area contributed by atoms with E-state index in [1.54, 1.807) is 7.11 Å². The summed E-state index contributed by atoms with van der Waals surface area (Å²) < 4.78 is 10.9. The summed E-state index contributed by atoms with van der Waals surface area (Å²) in [5, 5.41) is 2.33. The zero-order chi connectivity index (χ0) is 13.9. The molecule has 3 heteroatoms. The van der Waals surface area contributed by atoms with Crippen molar-refractivity contribution in [1.29, 1.82) is 0 Å². The van der Waals surface area contributed by atoms with E-state index in [0.717, 1.165) is 37.2 Å². The van der Waals surface area contributed by atoms with Gasteiger partial charge < -0.3 is 15.2 Å². The number of ether oxygens (including phenoxy) is 2. The van der Waals surface area contributed by atoms with Gasteiger partial charge in [0, 0.05) is 24.6 Å². The predicted molar refractivity (Wildman–Crippen MR) is 81.0 cm³/mol. The van der Waals surface area contributed by atoms with Crippen LogP contribution in [0.3, 0.4) is 0 Å². The van der Waals surface area contributed by atoms with Gasteiger partial charge in [-0.2, -0.15) is 0 Å². The molecule has 106 valence electrons. The minimum absolute atomic E-state index is 0.0645. The fourth-order valence-electron chi connectivity index (χ4n) is 3.09. The van der Waals surface area contributed by atoms with E-state index in [-0.39, 0.29) is 6.04 Å². The Morgan fingerprint density at radius 2 is 1.80 bits per heavy atom. The van der Waals surface area contributed by atoms with Crippen LogP contribution in [-0.2, 0) is 4.74 Å². The van der Waals surface area contributed by atoms with Gasteiger partial charge in [-0.15, -0.1) is 0 Å². The quantitative estimate of drug-likeness (QED) is 0.931. The molecule has 1 atom stereocenters. The van der Waals surface area contributed by atoms with Crippen LogP contribution in [0.1, 0.15) is 24.4 Å². The highest BCUT2D eigenvalue weighted by Gasteiger charge is 2.24. The van der Waals surface area contributed by atoms with Gasteiger partial charge in [0.2, 0.25) is 0 Å². The molecule has 2 aromatic carbocycles. The Balaban J connectivity index is 2.02. The number of methoxy groups -OCH3 is 1. The van der Waals surface area contributed by atoms with E-state index in [1.165, 1.54) is 10.9 Å². The third-order valence-electron chi connectivity index (χ3n) is 4.27. The number of hydrogen-bond acceptors (Lipinski definition) is 3. The molecule has 2 aromatic rings. The fourth-order valence-corrected chi connectivity index (χ4v) is 3.09. The van der Waals surface area contributed by atoms with E-state index >= 15 is 0 Å². The Labute approximate surface area is 119 Å². The summed E-state index contributed by atoms with van der Waals surface area (Å²) in [6, 6.07) is 12.5. The maximum Gasteiger partial charge on any atom is 0.126 e. The van der Waals surface area contributed by atoms with Crippen molar-refractivity contribution < 1.29 is 9.47 Å². The van der Waals surface area contributed by atoms with E-state index in [1.807, 2.05) is 12.1 Å². The summed E-state index contributed by atoms with van der Waals surface area (Å²) in [6.45, 7) is 1.65. The Bertz CT molecular complexity index is 591. The molecular formula is C17H21NO2. The molecule has 1 fully saturated rings. The first-order valence-corrected chi connectivity index (χ1v) is 7.20. The van der Waals surface area contributed by atoms with Crippen LogP contribution < -0.4 is 10.5 Å². The average molecular weight is 271 g/mol. The van der Waals surface area contributed by atoms with Crippen molar-refractivity contribution in [2.24, 2.45) is 11.7 Å². The monoisotopic (exact) mass is 271 g/mol. The molecule has 0 aliphatic carbocycles. The lowest BCUT2D eigenvalue weighted by atomic mass is 9.85. The number of rotatable bonds is 3. The first kappa shape index (κ1) is 13.4. The average Bonchev–Trinajstić information content (AvgIpc) is 2.54. The lowest BCUT2D eigenvalue weighted by Crippen LogP contribution is -2.27. The molecule has 1 aliphatic rings. The second-order valence-corrected chi connectivity index (χ2v) is 5.38. The molecule has 0 unspecified atom stereocenters. The smallest absolute Gasteiger partial charge is 0.126 e. The molecule has 20 heavy (non-hydrogen) atoms. The van der Waals surface area contributed by atoms with Gasteiger partial charge in [0.05, 0.1) is 7.11 Å². The van der Waals surface area contributed by atoms with Gasteiger partial charge in [-0.3, -0.25) is 0 Å². The standard InChI is InChI=1S/C17H21NO2/c1-19-16-7-6-15(13-4-2-3-5-14(13)16)17(18)12-8-10-20-11-9-12/h2-7,12,17H,8-11,18H2,1H3/t17-/m0/s1. The third-order valence-corrected chi connectivity index (χ3v) is 4.27. The second-order valence-electron chi connectivity index (χ2n) is 5.38. The molecule has 0 radical (unpaired) electrons. The van der Waals surface area contributed by atoms with Crippen molar-refractivity contribution in [2.75, 3.05) is 20.3 Å². The van der Waals surface area contributed by atoms with E-state index < -0.39 is 0 Å². The Kier molecular flexibility index (Phi) is 3.90. The summed E-state index contributed by atoms with van der Waals surface area (Å²) >= 11 is 0. The lowest BCUT2D eigenvalue weighted by molar-refractivity contribution is 0.0585. The van der Waals surface area contributed by atoms with Crippen LogP contribution in [0.25, 0.3) is 10.8 Å². The first-order chi connectivity index (χ1) is 9.81. The summed E-state index contributed by atoms with van der Waals surface area (Å²) in [5.41, 5.74) is 7.75. The Hall–Kier alpha value is -1.58. The van der Waals surface area contributed by atoms with Crippen LogP contribution >= 0.6 is 0 Å². The molecule has 3 rings (SSSR count). The van der Waals surface area contributed by atoms with Crippen LogP contribution in [0.2, 0.25) is 0 Å². The van der Waals surface area contributed by atoms with Gasteiger partial charge >= 0.3 is 0 Å². The van der Waals surface area contributed by atoms with E-state index in [4.69, 9.17) is 15.2 Å². The molecular weight excluding hydrogens is 250 g/mol. The maximum atomic E-state index is 6.53. The second kappa shape index (κ2) is 5.81. The molecule has 2 N–H and O–H groups in total. The zero-order valence-electron chi connectivity index (χ0n) is 11.8. The SMILES string of the molecule is COc1ccc([C@@H](N)C2CCOCC2)c2ccccc12. The van der Waals surface area contributed by atoms with E-state index in [2.05, 4.69) is 24.3 Å². The van der Waals surface area contributed by atoms with Crippen molar-refractivity contribution in [2.45, 2.75) is 18.9 Å². The number of fused-ring (bicyclic) bond motifs is 1. The fraction of sp³-hybridized carbons (Fsp3) is 0.412. The normalized spacial score (nSPS) is 18.1. The molecule has 0 saturated carbocycles. The zero-order valence-corrected chi connectivity index (χ0v) is 11.8. The van der Waals surface area contributed by atoms with Crippen LogP contribution in [-0.4, -0.2) is 20.3 Å². The lowest BCUT2D eigenvalue weighted by Gasteiger charge is -2.28. The summed E-state index contributed by atoms with van der Waals surface area (Å²) in [7, 11) is 1.71. The van der Waals surface area contributed by atoms with Crippen molar-refractivity contribution in [3.63, 3.8) is 0 Å². The van der Waals surface area contributed by atoms with Gasteiger partial charge in [-0.05, 0) is 35.8 Å². The Morgan fingerprint density at radius 3 is 2.50 bits per heavy atom. The largest absolute Gasteiger partial charge is 0.496 e. The topological polar surface area (TPSA) is 44.5 Å². The number of hydrogen-bond donors (Lipinski definition) is 1. The Morgan fingerprint density at radius 1 is 1.10 bits per heavy atom. The minimum Gasteiger partial charge on any atom is -0.496 e. The van der Waals surface area contributed by atoms with Crippen LogP contribution in [0, 0.1) is 5.92 Å². The highest BCUT2D eigenvalue weighted by atomic mass is 16.5. The predicted octanol–water partition coefficient (Wildman–Crippen LogP) is 3.27. The van der Waals surface area contributed by atoms with E-state index in [9.17, 15) is 0 Å². The molecule has 1 aliphatic heterocycles. The highest BCUT2D eigenvalue weighted by molar-refractivity contribution is 5.91. The van der Waals surface area contributed by atoms with Crippen molar-refractivity contribution in [1.82, 2.24) is 0 Å². The summed E-state index contributed by atoms with van der Waals surface area (Å²) in [4.78, 5) is 0. The molecule has 0 spiro atoms. The van der Waals surface area contributed by atoms with Gasteiger partial charge in [0.25, 0.3) is 0 Å². The van der Waals surface area contributed by atoms with E-state index in [0.29, 0.717) is 5.92 Å². The summed E-state index contributed by atoms with van der Waals surface area (Å²) in [6.07, 6.45) is 2.09. The van der Waals surface area contributed by atoms with Gasteiger partial charge in [0.15, 0.2) is 0 Å². The minimum atomic E-state index is 0.0645. The number of nitrogens with two attached hydrogens (primary N) is 1. The molecule has 0 amide bonds.